The number of hydrogen-bond donors (Lipinski definition) is 0. The van der Waals surface area contributed by atoms with E-state index in [0.29, 0.717) is 19.1 Å². The summed E-state index contributed by atoms with van der Waals surface area (Å²) in [5, 5.41) is 0.784. The van der Waals surface area contributed by atoms with Crippen molar-refractivity contribution >= 4 is 23.2 Å². The molecule has 2 rings (SSSR count). The molecule has 0 aliphatic carbocycles. The number of benzene rings is 1. The fourth-order valence-electron chi connectivity index (χ4n) is 1.54. The van der Waals surface area contributed by atoms with Gasteiger partial charge >= 0.3 is 0 Å². The Kier molecular flexibility index (Phi) is 2.50. The van der Waals surface area contributed by atoms with Crippen molar-refractivity contribution in [2.24, 2.45) is 0 Å². The zero-order valence-electron chi connectivity index (χ0n) is 7.09. The summed E-state index contributed by atoms with van der Waals surface area (Å²) in [6.07, 6.45) is 0. The molecule has 3 heteroatoms. The first kappa shape index (κ1) is 9.32. The third-order valence-corrected chi connectivity index (χ3v) is 3.30. The van der Waals surface area contributed by atoms with Gasteiger partial charge in [0, 0.05) is 10.9 Å². The molecular formula is C10H10Cl2O. The van der Waals surface area contributed by atoms with E-state index in [0.717, 1.165) is 10.6 Å². The molecule has 0 spiro atoms. The van der Waals surface area contributed by atoms with Gasteiger partial charge in [-0.05, 0) is 11.6 Å². The summed E-state index contributed by atoms with van der Waals surface area (Å²) in [6, 6.07) is 7.82. The van der Waals surface area contributed by atoms with E-state index in [1.165, 1.54) is 0 Å². The van der Waals surface area contributed by atoms with Crippen LogP contribution in [0.2, 0.25) is 5.02 Å². The van der Waals surface area contributed by atoms with Crippen LogP contribution in [-0.2, 0) is 10.2 Å². The lowest BCUT2D eigenvalue weighted by atomic mass is 9.80. The van der Waals surface area contributed by atoms with Crippen LogP contribution in [-0.4, -0.2) is 19.1 Å². The molecule has 1 fully saturated rings. The fraction of sp³-hybridized carbons (Fsp3) is 0.400. The molecule has 0 radical (unpaired) electrons. The lowest BCUT2D eigenvalue weighted by molar-refractivity contribution is -0.0479. The highest BCUT2D eigenvalue weighted by molar-refractivity contribution is 6.31. The molecule has 0 atom stereocenters. The number of hydrogen-bond acceptors (Lipinski definition) is 1. The topological polar surface area (TPSA) is 9.23 Å². The van der Waals surface area contributed by atoms with Gasteiger partial charge in [-0.3, -0.25) is 0 Å². The highest BCUT2D eigenvalue weighted by atomic mass is 35.5. The van der Waals surface area contributed by atoms with Crippen LogP contribution in [0.5, 0.6) is 0 Å². The molecule has 0 unspecified atom stereocenters. The molecule has 0 bridgehead atoms. The molecule has 70 valence electrons. The van der Waals surface area contributed by atoms with E-state index in [4.69, 9.17) is 27.9 Å². The van der Waals surface area contributed by atoms with Crippen LogP contribution in [0.25, 0.3) is 0 Å². The molecule has 0 saturated carbocycles. The largest absolute Gasteiger partial charge is 0.379 e. The van der Waals surface area contributed by atoms with E-state index in [1.54, 1.807) is 0 Å². The Bertz CT molecular complexity index is 302. The van der Waals surface area contributed by atoms with Gasteiger partial charge in [-0.2, -0.15) is 0 Å². The lowest BCUT2D eigenvalue weighted by Crippen LogP contribution is -2.48. The molecule has 1 aliphatic heterocycles. The van der Waals surface area contributed by atoms with Gasteiger partial charge in [0.2, 0.25) is 0 Å². The van der Waals surface area contributed by atoms with E-state index in [2.05, 4.69) is 0 Å². The maximum atomic E-state index is 6.09. The summed E-state index contributed by atoms with van der Waals surface area (Å²) in [5.41, 5.74) is 1.07. The zero-order chi connectivity index (χ0) is 9.31. The van der Waals surface area contributed by atoms with Gasteiger partial charge in [-0.25, -0.2) is 0 Å². The second-order valence-corrected chi connectivity index (χ2v) is 4.06. The molecule has 1 nitrogen and oxygen atoms in total. The van der Waals surface area contributed by atoms with Crippen LogP contribution in [0.3, 0.4) is 0 Å². The van der Waals surface area contributed by atoms with Gasteiger partial charge in [-0.15, -0.1) is 11.6 Å². The minimum absolute atomic E-state index is 0.0418. The summed E-state index contributed by atoms with van der Waals surface area (Å²) in [4.78, 5) is 0. The highest BCUT2D eigenvalue weighted by Gasteiger charge is 2.40. The summed E-state index contributed by atoms with van der Waals surface area (Å²) in [6.45, 7) is 1.36. The van der Waals surface area contributed by atoms with Crippen LogP contribution in [0, 0.1) is 0 Å². The summed E-state index contributed by atoms with van der Waals surface area (Å²) < 4.78 is 5.20. The third kappa shape index (κ3) is 1.45. The molecule has 1 saturated heterocycles. The summed E-state index contributed by atoms with van der Waals surface area (Å²) in [5.74, 6) is 0.566. The number of rotatable bonds is 2. The number of alkyl halides is 1. The number of halogens is 2. The van der Waals surface area contributed by atoms with Gasteiger partial charge < -0.3 is 4.74 Å². The molecule has 0 N–H and O–H groups in total. The monoisotopic (exact) mass is 216 g/mol. The standard InChI is InChI=1S/C10H10Cl2O/c11-5-10(6-13-7-10)8-3-1-2-4-9(8)12/h1-4H,5-7H2. The van der Waals surface area contributed by atoms with Crippen LogP contribution >= 0.6 is 23.2 Å². The molecule has 13 heavy (non-hydrogen) atoms. The zero-order valence-corrected chi connectivity index (χ0v) is 8.61. The van der Waals surface area contributed by atoms with Crippen molar-refractivity contribution in [2.75, 3.05) is 19.1 Å². The third-order valence-electron chi connectivity index (χ3n) is 2.46. The van der Waals surface area contributed by atoms with Gasteiger partial charge in [0.1, 0.15) is 0 Å². The quantitative estimate of drug-likeness (QED) is 0.692. The average Bonchev–Trinajstić information content (AvgIpc) is 2.07. The van der Waals surface area contributed by atoms with Crippen LogP contribution in [0.15, 0.2) is 24.3 Å². The normalized spacial score (nSPS) is 19.5. The molecular weight excluding hydrogens is 207 g/mol. The van der Waals surface area contributed by atoms with Crippen LogP contribution < -0.4 is 0 Å². The Morgan fingerprint density at radius 2 is 2.00 bits per heavy atom. The smallest absolute Gasteiger partial charge is 0.0597 e. The maximum absolute atomic E-state index is 6.09. The highest BCUT2D eigenvalue weighted by Crippen LogP contribution is 2.37. The first-order valence-electron chi connectivity index (χ1n) is 4.17. The van der Waals surface area contributed by atoms with E-state index in [9.17, 15) is 0 Å². The average molecular weight is 217 g/mol. The summed E-state index contributed by atoms with van der Waals surface area (Å²) in [7, 11) is 0. The second-order valence-electron chi connectivity index (χ2n) is 3.39. The molecule has 1 aromatic rings. The molecule has 0 amide bonds. The predicted octanol–water partition coefficient (Wildman–Crippen LogP) is 2.85. The molecule has 0 aromatic heterocycles. The Balaban J connectivity index is 2.38. The van der Waals surface area contributed by atoms with Crippen molar-refractivity contribution in [1.29, 1.82) is 0 Å². The van der Waals surface area contributed by atoms with Crippen molar-refractivity contribution in [3.8, 4) is 0 Å². The Labute approximate surface area is 87.6 Å². The van der Waals surface area contributed by atoms with Gasteiger partial charge in [0.05, 0.1) is 18.6 Å². The maximum Gasteiger partial charge on any atom is 0.0597 e. The SMILES string of the molecule is ClCC1(c2ccccc2Cl)COC1. The molecule has 1 aliphatic rings. The minimum atomic E-state index is -0.0418. The Hall–Kier alpha value is -0.240. The van der Waals surface area contributed by atoms with Gasteiger partial charge in [0.25, 0.3) is 0 Å². The first-order chi connectivity index (χ1) is 6.28. The fourth-order valence-corrected chi connectivity index (χ4v) is 2.18. The van der Waals surface area contributed by atoms with Gasteiger partial charge in [0.15, 0.2) is 0 Å². The predicted molar refractivity (Wildman–Crippen MR) is 54.7 cm³/mol. The first-order valence-corrected chi connectivity index (χ1v) is 5.08. The molecule has 1 aromatic carbocycles. The van der Waals surface area contributed by atoms with Crippen LogP contribution in [0.1, 0.15) is 5.56 Å². The second kappa shape index (κ2) is 3.49. The van der Waals surface area contributed by atoms with Crippen molar-refractivity contribution in [1.82, 2.24) is 0 Å². The van der Waals surface area contributed by atoms with Crippen molar-refractivity contribution in [3.05, 3.63) is 34.9 Å². The van der Waals surface area contributed by atoms with Crippen molar-refractivity contribution < 1.29 is 4.74 Å². The minimum Gasteiger partial charge on any atom is -0.379 e. The van der Waals surface area contributed by atoms with Crippen molar-refractivity contribution in [2.45, 2.75) is 5.41 Å². The van der Waals surface area contributed by atoms with Gasteiger partial charge in [-0.1, -0.05) is 29.8 Å². The Morgan fingerprint density at radius 3 is 2.46 bits per heavy atom. The Morgan fingerprint density at radius 1 is 1.31 bits per heavy atom. The van der Waals surface area contributed by atoms with Crippen LogP contribution in [0.4, 0.5) is 0 Å². The van der Waals surface area contributed by atoms with E-state index in [-0.39, 0.29) is 5.41 Å². The lowest BCUT2D eigenvalue weighted by Gasteiger charge is -2.40. The molecule has 1 heterocycles. The van der Waals surface area contributed by atoms with E-state index >= 15 is 0 Å². The van der Waals surface area contributed by atoms with E-state index < -0.39 is 0 Å². The van der Waals surface area contributed by atoms with Crippen molar-refractivity contribution in [3.63, 3.8) is 0 Å². The summed E-state index contributed by atoms with van der Waals surface area (Å²) >= 11 is 12.0. The number of ether oxygens (including phenoxy) is 1. The van der Waals surface area contributed by atoms with E-state index in [1.807, 2.05) is 24.3 Å².